The van der Waals surface area contributed by atoms with Crippen molar-refractivity contribution in [3.63, 3.8) is 0 Å². The molecule has 0 fully saturated rings. The standard InChI is InChI=1S/C32H33FO6/c1-18-12-22(38-17-32(3,4)35)13-19(2)30(18)24-8-10-26(33)31-25(24)9-11-27(31)39-21-6-7-23-20(14-29(34)36-5)16-37-28(23)15-21/h6-8,10,12-13,15-16,27,35H,9,11,14,17H2,1-5H3. The number of aryl methyl sites for hydroxylation is 2. The van der Waals surface area contributed by atoms with Crippen molar-refractivity contribution in [1.82, 2.24) is 0 Å². The molecule has 4 aromatic rings. The summed E-state index contributed by atoms with van der Waals surface area (Å²) in [7, 11) is 1.35. The summed E-state index contributed by atoms with van der Waals surface area (Å²) >= 11 is 0. The lowest BCUT2D eigenvalue weighted by atomic mass is 9.90. The number of carbonyl (C=O) groups excluding carboxylic acids is 1. The van der Waals surface area contributed by atoms with Crippen LogP contribution in [0.2, 0.25) is 0 Å². The molecule has 0 saturated heterocycles. The van der Waals surface area contributed by atoms with Gasteiger partial charge in [-0.3, -0.25) is 4.79 Å². The van der Waals surface area contributed by atoms with E-state index in [0.717, 1.165) is 38.8 Å². The number of ether oxygens (including phenoxy) is 3. The first-order chi connectivity index (χ1) is 18.5. The fourth-order valence-electron chi connectivity index (χ4n) is 5.38. The van der Waals surface area contributed by atoms with Gasteiger partial charge in [-0.2, -0.15) is 0 Å². The molecule has 1 unspecified atom stereocenters. The summed E-state index contributed by atoms with van der Waals surface area (Å²) in [5, 5.41) is 10.8. The van der Waals surface area contributed by atoms with Gasteiger partial charge in [0.25, 0.3) is 0 Å². The molecular weight excluding hydrogens is 499 g/mol. The van der Waals surface area contributed by atoms with Gasteiger partial charge in [0.1, 0.15) is 35.6 Å². The lowest BCUT2D eigenvalue weighted by Crippen LogP contribution is -2.27. The molecule has 1 heterocycles. The second-order valence-corrected chi connectivity index (χ2v) is 10.8. The van der Waals surface area contributed by atoms with E-state index in [0.29, 0.717) is 35.5 Å². The summed E-state index contributed by atoms with van der Waals surface area (Å²) in [4.78, 5) is 11.7. The average Bonchev–Trinajstić information content (AvgIpc) is 3.48. The van der Waals surface area contributed by atoms with Crippen molar-refractivity contribution in [1.29, 1.82) is 0 Å². The number of rotatable bonds is 8. The number of hydrogen-bond donors (Lipinski definition) is 1. The highest BCUT2D eigenvalue weighted by molar-refractivity contribution is 5.86. The van der Waals surface area contributed by atoms with Crippen LogP contribution in [-0.2, 0) is 22.4 Å². The Labute approximate surface area is 227 Å². The number of methoxy groups -OCH3 is 1. The molecule has 0 aliphatic heterocycles. The van der Waals surface area contributed by atoms with Crippen LogP contribution in [0.4, 0.5) is 4.39 Å². The Kier molecular flexibility index (Phi) is 7.12. The van der Waals surface area contributed by atoms with Gasteiger partial charge in [0.2, 0.25) is 0 Å². The number of aliphatic hydroxyl groups is 1. The van der Waals surface area contributed by atoms with Crippen LogP contribution in [0.3, 0.4) is 0 Å². The number of carbonyl (C=O) groups is 1. The molecule has 5 rings (SSSR count). The SMILES string of the molecule is COC(=O)Cc1coc2cc(OC3CCc4c(-c5c(C)cc(OCC(C)(C)O)cc5C)ccc(F)c43)ccc12. The minimum absolute atomic E-state index is 0.124. The van der Waals surface area contributed by atoms with Gasteiger partial charge in [-0.05, 0) is 98.7 Å². The number of halogens is 1. The maximum Gasteiger partial charge on any atom is 0.310 e. The first-order valence-corrected chi connectivity index (χ1v) is 13.1. The third-order valence-corrected chi connectivity index (χ3v) is 7.12. The highest BCUT2D eigenvalue weighted by Gasteiger charge is 2.31. The fourth-order valence-corrected chi connectivity index (χ4v) is 5.38. The molecule has 6 nitrogen and oxygen atoms in total. The van der Waals surface area contributed by atoms with Gasteiger partial charge in [0.15, 0.2) is 0 Å². The lowest BCUT2D eigenvalue weighted by Gasteiger charge is -2.21. The van der Waals surface area contributed by atoms with Crippen molar-refractivity contribution in [2.75, 3.05) is 13.7 Å². The second kappa shape index (κ2) is 10.4. The van der Waals surface area contributed by atoms with Crippen molar-refractivity contribution in [3.05, 3.63) is 82.4 Å². The van der Waals surface area contributed by atoms with Crippen LogP contribution in [0.1, 0.15) is 54.2 Å². The summed E-state index contributed by atoms with van der Waals surface area (Å²) in [5.74, 6) is 0.647. The van der Waals surface area contributed by atoms with E-state index < -0.39 is 11.7 Å². The zero-order chi connectivity index (χ0) is 27.9. The summed E-state index contributed by atoms with van der Waals surface area (Å²) < 4.78 is 37.8. The Balaban J connectivity index is 1.42. The molecule has 0 saturated carbocycles. The fraction of sp³-hybridized carbons (Fsp3) is 0.344. The number of fused-ring (bicyclic) bond motifs is 2. The highest BCUT2D eigenvalue weighted by atomic mass is 19.1. The summed E-state index contributed by atoms with van der Waals surface area (Å²) in [5.41, 5.74) is 6.03. The molecule has 3 aromatic carbocycles. The lowest BCUT2D eigenvalue weighted by molar-refractivity contribution is -0.139. The van der Waals surface area contributed by atoms with Crippen LogP contribution < -0.4 is 9.47 Å². The maximum absolute atomic E-state index is 15.2. The zero-order valence-corrected chi connectivity index (χ0v) is 22.9. The van der Waals surface area contributed by atoms with Crippen molar-refractivity contribution in [3.8, 4) is 22.6 Å². The van der Waals surface area contributed by atoms with Gasteiger partial charge in [-0.15, -0.1) is 0 Å². The molecule has 0 amide bonds. The van der Waals surface area contributed by atoms with E-state index in [4.69, 9.17) is 18.6 Å². The van der Waals surface area contributed by atoms with E-state index >= 15 is 4.39 Å². The Morgan fingerprint density at radius 2 is 1.85 bits per heavy atom. The summed E-state index contributed by atoms with van der Waals surface area (Å²) in [6, 6.07) is 12.7. The quantitative estimate of drug-likeness (QED) is 0.252. The number of benzene rings is 3. The van der Waals surface area contributed by atoms with Crippen LogP contribution in [0.15, 0.2) is 53.1 Å². The maximum atomic E-state index is 15.2. The van der Waals surface area contributed by atoms with Gasteiger partial charge in [0, 0.05) is 22.6 Å². The van der Waals surface area contributed by atoms with Crippen LogP contribution in [-0.4, -0.2) is 30.4 Å². The first-order valence-electron chi connectivity index (χ1n) is 13.1. The van der Waals surface area contributed by atoms with E-state index in [2.05, 4.69) is 0 Å². The third-order valence-electron chi connectivity index (χ3n) is 7.12. The topological polar surface area (TPSA) is 78.1 Å². The Morgan fingerprint density at radius 1 is 1.10 bits per heavy atom. The Hall–Kier alpha value is -3.84. The molecule has 1 aliphatic rings. The predicted octanol–water partition coefficient (Wildman–Crippen LogP) is 6.79. The van der Waals surface area contributed by atoms with Crippen LogP contribution in [0, 0.1) is 19.7 Å². The molecule has 204 valence electrons. The van der Waals surface area contributed by atoms with E-state index in [1.54, 1.807) is 26.2 Å². The molecule has 0 spiro atoms. The highest BCUT2D eigenvalue weighted by Crippen LogP contribution is 2.44. The van der Waals surface area contributed by atoms with Gasteiger partial charge in [-0.1, -0.05) is 6.07 Å². The summed E-state index contributed by atoms with van der Waals surface area (Å²) in [6.07, 6.45) is 2.58. The zero-order valence-electron chi connectivity index (χ0n) is 22.9. The minimum Gasteiger partial charge on any atom is -0.491 e. The Bertz CT molecular complexity index is 1520. The molecule has 1 N–H and O–H groups in total. The monoisotopic (exact) mass is 532 g/mol. The smallest absolute Gasteiger partial charge is 0.310 e. The van der Waals surface area contributed by atoms with Gasteiger partial charge in [0.05, 0.1) is 25.4 Å². The molecule has 1 atom stereocenters. The summed E-state index contributed by atoms with van der Waals surface area (Å²) in [6.45, 7) is 7.63. The van der Waals surface area contributed by atoms with E-state index in [1.165, 1.54) is 13.2 Å². The number of hydrogen-bond acceptors (Lipinski definition) is 6. The van der Waals surface area contributed by atoms with Crippen molar-refractivity contribution >= 4 is 16.9 Å². The van der Waals surface area contributed by atoms with Crippen molar-refractivity contribution in [2.45, 2.75) is 58.7 Å². The van der Waals surface area contributed by atoms with Crippen molar-refractivity contribution < 1.29 is 32.9 Å². The molecule has 7 heteroatoms. The number of esters is 1. The minimum atomic E-state index is -0.930. The van der Waals surface area contributed by atoms with Crippen molar-refractivity contribution in [2.24, 2.45) is 0 Å². The predicted molar refractivity (Wildman–Crippen MR) is 147 cm³/mol. The van der Waals surface area contributed by atoms with Gasteiger partial charge in [-0.25, -0.2) is 4.39 Å². The third kappa shape index (κ3) is 5.50. The molecular formula is C32H33FO6. The number of furan rings is 1. The van der Waals surface area contributed by atoms with Crippen LogP contribution in [0.5, 0.6) is 11.5 Å². The molecule has 39 heavy (non-hydrogen) atoms. The Morgan fingerprint density at radius 3 is 2.54 bits per heavy atom. The van der Waals surface area contributed by atoms with Gasteiger partial charge >= 0.3 is 5.97 Å². The van der Waals surface area contributed by atoms with E-state index in [-0.39, 0.29) is 24.8 Å². The van der Waals surface area contributed by atoms with Crippen LogP contribution in [0.25, 0.3) is 22.1 Å². The van der Waals surface area contributed by atoms with Crippen LogP contribution >= 0.6 is 0 Å². The normalized spacial score (nSPS) is 14.9. The molecule has 1 aromatic heterocycles. The van der Waals surface area contributed by atoms with E-state index in [1.807, 2.05) is 44.2 Å². The van der Waals surface area contributed by atoms with E-state index in [9.17, 15) is 9.90 Å². The molecule has 0 radical (unpaired) electrons. The average molecular weight is 533 g/mol. The largest absolute Gasteiger partial charge is 0.491 e. The molecule has 1 aliphatic carbocycles. The molecule has 0 bridgehead atoms. The first kappa shape index (κ1) is 26.8. The second-order valence-electron chi connectivity index (χ2n) is 10.8. The van der Waals surface area contributed by atoms with Gasteiger partial charge < -0.3 is 23.7 Å².